The van der Waals surface area contributed by atoms with Crippen molar-refractivity contribution < 1.29 is 24.4 Å². The molecule has 0 aliphatic rings. The molecule has 1 unspecified atom stereocenters. The van der Waals surface area contributed by atoms with E-state index in [1.165, 1.54) is 12.1 Å². The van der Waals surface area contributed by atoms with Crippen LogP contribution >= 0.6 is 0 Å². The van der Waals surface area contributed by atoms with Gasteiger partial charge < -0.3 is 15.2 Å². The first-order valence-electron chi connectivity index (χ1n) is 8.79. The molecule has 0 saturated heterocycles. The smallest absolute Gasteiger partial charge is 0.311 e. The van der Waals surface area contributed by atoms with E-state index in [1.54, 1.807) is 6.92 Å². The number of nitro groups is 1. The fourth-order valence-corrected chi connectivity index (χ4v) is 2.77. The number of hydrogen-bond donors (Lipinski definition) is 2. The molecule has 0 fully saturated rings. The molecular weight excluding hydrogens is 364 g/mol. The SMILES string of the molecule is CCOc1ccc(C(=O)NCC(Cc2cccc(C)c2)C(=O)O)cc1[N+](=O)[O-]. The Morgan fingerprint density at radius 1 is 1.25 bits per heavy atom. The van der Waals surface area contributed by atoms with Crippen molar-refractivity contribution in [2.24, 2.45) is 5.92 Å². The number of amides is 1. The number of nitro benzene ring substituents is 1. The third-order valence-electron chi connectivity index (χ3n) is 4.14. The zero-order chi connectivity index (χ0) is 20.7. The number of carbonyl (C=O) groups is 2. The highest BCUT2D eigenvalue weighted by molar-refractivity contribution is 5.95. The number of carboxylic acids is 1. The minimum Gasteiger partial charge on any atom is -0.487 e. The van der Waals surface area contributed by atoms with Crippen molar-refractivity contribution in [3.63, 3.8) is 0 Å². The Hall–Kier alpha value is -3.42. The van der Waals surface area contributed by atoms with Gasteiger partial charge in [-0.15, -0.1) is 0 Å². The number of hydrogen-bond acceptors (Lipinski definition) is 5. The molecule has 0 spiro atoms. The Morgan fingerprint density at radius 2 is 2.00 bits per heavy atom. The van der Waals surface area contributed by atoms with Gasteiger partial charge in [0, 0.05) is 18.2 Å². The van der Waals surface area contributed by atoms with Crippen molar-refractivity contribution in [2.45, 2.75) is 20.3 Å². The summed E-state index contributed by atoms with van der Waals surface area (Å²) in [5.74, 6) is -2.35. The summed E-state index contributed by atoms with van der Waals surface area (Å²) in [6, 6.07) is 11.4. The van der Waals surface area contributed by atoms with E-state index < -0.39 is 22.7 Å². The molecule has 0 aliphatic heterocycles. The largest absolute Gasteiger partial charge is 0.487 e. The second-order valence-electron chi connectivity index (χ2n) is 6.31. The number of ether oxygens (including phenoxy) is 1. The number of nitrogens with one attached hydrogen (secondary N) is 1. The van der Waals surface area contributed by atoms with Crippen molar-refractivity contribution >= 4 is 17.6 Å². The predicted octanol–water partition coefficient (Wildman–Crippen LogP) is 2.98. The fraction of sp³-hybridized carbons (Fsp3) is 0.300. The second-order valence-corrected chi connectivity index (χ2v) is 6.31. The molecule has 0 heterocycles. The average Bonchev–Trinajstić information content (AvgIpc) is 2.65. The van der Waals surface area contributed by atoms with Gasteiger partial charge in [0.1, 0.15) is 0 Å². The molecule has 1 amide bonds. The van der Waals surface area contributed by atoms with E-state index in [4.69, 9.17) is 4.74 Å². The lowest BCUT2D eigenvalue weighted by Gasteiger charge is -2.14. The summed E-state index contributed by atoms with van der Waals surface area (Å²) < 4.78 is 5.19. The lowest BCUT2D eigenvalue weighted by Crippen LogP contribution is -2.34. The van der Waals surface area contributed by atoms with Gasteiger partial charge in [0.15, 0.2) is 5.75 Å². The molecule has 8 heteroatoms. The normalized spacial score (nSPS) is 11.5. The van der Waals surface area contributed by atoms with Crippen LogP contribution in [0.5, 0.6) is 5.75 Å². The van der Waals surface area contributed by atoms with Gasteiger partial charge in [0.05, 0.1) is 17.4 Å². The molecule has 148 valence electrons. The Balaban J connectivity index is 2.09. The topological polar surface area (TPSA) is 119 Å². The number of carboxylic acid groups (broad SMARTS) is 1. The van der Waals surface area contributed by atoms with Gasteiger partial charge in [-0.25, -0.2) is 0 Å². The Morgan fingerprint density at radius 3 is 2.61 bits per heavy atom. The number of carbonyl (C=O) groups excluding carboxylic acids is 1. The fourth-order valence-electron chi connectivity index (χ4n) is 2.77. The molecule has 28 heavy (non-hydrogen) atoms. The van der Waals surface area contributed by atoms with Crippen molar-refractivity contribution in [2.75, 3.05) is 13.2 Å². The van der Waals surface area contributed by atoms with E-state index in [-0.39, 0.29) is 36.6 Å². The first-order chi connectivity index (χ1) is 13.3. The highest BCUT2D eigenvalue weighted by atomic mass is 16.6. The van der Waals surface area contributed by atoms with E-state index in [0.717, 1.165) is 17.2 Å². The van der Waals surface area contributed by atoms with Gasteiger partial charge in [0.2, 0.25) is 0 Å². The van der Waals surface area contributed by atoms with Gasteiger partial charge in [-0.2, -0.15) is 0 Å². The number of benzene rings is 2. The molecule has 0 aromatic heterocycles. The lowest BCUT2D eigenvalue weighted by molar-refractivity contribution is -0.385. The molecule has 8 nitrogen and oxygen atoms in total. The van der Waals surface area contributed by atoms with Gasteiger partial charge >= 0.3 is 11.7 Å². The standard InChI is InChI=1S/C20H22N2O6/c1-3-28-18-8-7-15(11-17(18)22(26)27)19(23)21-12-16(20(24)25)10-14-6-4-5-13(2)9-14/h4-9,11,16H,3,10,12H2,1-2H3,(H,21,23)(H,24,25). The van der Waals surface area contributed by atoms with Crippen molar-refractivity contribution in [3.8, 4) is 5.75 Å². The van der Waals surface area contributed by atoms with Gasteiger partial charge in [-0.3, -0.25) is 19.7 Å². The summed E-state index contributed by atoms with van der Waals surface area (Å²) in [5.41, 5.74) is 1.63. The van der Waals surface area contributed by atoms with Crippen molar-refractivity contribution in [1.29, 1.82) is 0 Å². The quantitative estimate of drug-likeness (QED) is 0.505. The van der Waals surface area contributed by atoms with E-state index >= 15 is 0 Å². The summed E-state index contributed by atoms with van der Waals surface area (Å²) >= 11 is 0. The molecule has 0 saturated carbocycles. The maximum Gasteiger partial charge on any atom is 0.311 e. The van der Waals surface area contributed by atoms with Crippen LogP contribution in [0.2, 0.25) is 0 Å². The maximum absolute atomic E-state index is 12.4. The number of rotatable bonds is 9. The third kappa shape index (κ3) is 5.54. The van der Waals surface area contributed by atoms with E-state index in [1.807, 2.05) is 31.2 Å². The first-order valence-corrected chi connectivity index (χ1v) is 8.79. The predicted molar refractivity (Wildman–Crippen MR) is 103 cm³/mol. The molecule has 2 rings (SSSR count). The van der Waals surface area contributed by atoms with Crippen molar-refractivity contribution in [1.82, 2.24) is 5.32 Å². The summed E-state index contributed by atoms with van der Waals surface area (Å²) in [4.78, 5) is 34.4. The van der Waals surface area contributed by atoms with Crippen LogP contribution in [0.15, 0.2) is 42.5 Å². The van der Waals surface area contributed by atoms with E-state index in [0.29, 0.717) is 0 Å². The minimum absolute atomic E-state index is 0.0647. The second kappa shape index (κ2) is 9.50. The highest BCUT2D eigenvalue weighted by Crippen LogP contribution is 2.28. The molecule has 1 atom stereocenters. The summed E-state index contributed by atoms with van der Waals surface area (Å²) in [6.45, 7) is 3.78. The maximum atomic E-state index is 12.4. The zero-order valence-electron chi connectivity index (χ0n) is 15.7. The van der Waals surface area contributed by atoms with E-state index in [2.05, 4.69) is 5.32 Å². The van der Waals surface area contributed by atoms with Crippen LogP contribution in [-0.4, -0.2) is 35.1 Å². The molecule has 2 N–H and O–H groups in total. The molecule has 0 bridgehead atoms. The molecular formula is C20H22N2O6. The molecule has 0 aliphatic carbocycles. The molecule has 0 radical (unpaired) electrons. The van der Waals surface area contributed by atoms with E-state index in [9.17, 15) is 24.8 Å². The van der Waals surface area contributed by atoms with Gasteiger partial charge in [-0.05, 0) is 38.0 Å². The summed E-state index contributed by atoms with van der Waals surface area (Å²) in [7, 11) is 0. The van der Waals surface area contributed by atoms with Crippen LogP contribution in [0.3, 0.4) is 0 Å². The Labute approximate surface area is 162 Å². The van der Waals surface area contributed by atoms with Crippen LogP contribution in [-0.2, 0) is 11.2 Å². The first kappa shape index (κ1) is 20.9. The van der Waals surface area contributed by atoms with Crippen LogP contribution in [0, 0.1) is 23.0 Å². The van der Waals surface area contributed by atoms with Crippen molar-refractivity contribution in [3.05, 3.63) is 69.3 Å². The van der Waals surface area contributed by atoms with Crippen LogP contribution < -0.4 is 10.1 Å². The zero-order valence-corrected chi connectivity index (χ0v) is 15.7. The van der Waals surface area contributed by atoms with Crippen LogP contribution in [0.1, 0.15) is 28.4 Å². The third-order valence-corrected chi connectivity index (χ3v) is 4.14. The van der Waals surface area contributed by atoms with Crippen LogP contribution in [0.4, 0.5) is 5.69 Å². The number of nitrogens with zero attached hydrogens (tertiary/aromatic N) is 1. The summed E-state index contributed by atoms with van der Waals surface area (Å²) in [5, 5.41) is 23.2. The highest BCUT2D eigenvalue weighted by Gasteiger charge is 2.22. The lowest BCUT2D eigenvalue weighted by atomic mass is 9.98. The Kier molecular flexibility index (Phi) is 7.08. The number of aryl methyl sites for hydroxylation is 1. The molecule has 2 aromatic rings. The Bertz CT molecular complexity index is 881. The average molecular weight is 386 g/mol. The number of aliphatic carboxylic acids is 1. The van der Waals surface area contributed by atoms with Crippen LogP contribution in [0.25, 0.3) is 0 Å². The van der Waals surface area contributed by atoms with Gasteiger partial charge in [0.25, 0.3) is 5.91 Å². The van der Waals surface area contributed by atoms with Gasteiger partial charge in [-0.1, -0.05) is 29.8 Å². The summed E-state index contributed by atoms with van der Waals surface area (Å²) in [6.07, 6.45) is 0.265. The monoisotopic (exact) mass is 386 g/mol. The molecule has 2 aromatic carbocycles. The minimum atomic E-state index is -1.03.